The third kappa shape index (κ3) is 3.16. The van der Waals surface area contributed by atoms with Gasteiger partial charge >= 0.3 is 0 Å². The van der Waals surface area contributed by atoms with Crippen LogP contribution in [-0.2, 0) is 6.42 Å². The normalized spacial score (nSPS) is 12.6. The maximum absolute atomic E-state index is 13.2. The average molecular weight is 216 g/mol. The van der Waals surface area contributed by atoms with Crippen molar-refractivity contribution in [3.63, 3.8) is 0 Å². The van der Waals surface area contributed by atoms with Gasteiger partial charge in [0.15, 0.2) is 11.6 Å². The third-order valence-electron chi connectivity index (χ3n) is 2.12. The predicted octanol–water partition coefficient (Wildman–Crippen LogP) is 2.29. The van der Waals surface area contributed by atoms with Gasteiger partial charge in [-0.2, -0.15) is 0 Å². The van der Waals surface area contributed by atoms with Crippen molar-refractivity contribution < 1.29 is 18.6 Å². The van der Waals surface area contributed by atoms with Crippen LogP contribution in [0.4, 0.5) is 8.78 Å². The Morgan fingerprint density at radius 1 is 1.40 bits per heavy atom. The van der Waals surface area contributed by atoms with Crippen LogP contribution in [0.1, 0.15) is 18.9 Å². The summed E-state index contributed by atoms with van der Waals surface area (Å²) in [4.78, 5) is 0. The molecular weight excluding hydrogens is 202 g/mol. The van der Waals surface area contributed by atoms with Gasteiger partial charge in [-0.25, -0.2) is 8.78 Å². The molecule has 0 bridgehead atoms. The van der Waals surface area contributed by atoms with E-state index in [1.54, 1.807) is 6.92 Å². The number of hydrogen-bond donors (Lipinski definition) is 1. The van der Waals surface area contributed by atoms with E-state index >= 15 is 0 Å². The van der Waals surface area contributed by atoms with Crippen LogP contribution in [0.15, 0.2) is 12.1 Å². The summed E-state index contributed by atoms with van der Waals surface area (Å²) in [5.41, 5.74) is 0.441. The van der Waals surface area contributed by atoms with Gasteiger partial charge in [0.2, 0.25) is 0 Å². The van der Waals surface area contributed by atoms with E-state index in [-0.39, 0.29) is 5.75 Å². The maximum Gasteiger partial charge on any atom is 0.168 e. The molecule has 1 unspecified atom stereocenters. The third-order valence-corrected chi connectivity index (χ3v) is 2.12. The van der Waals surface area contributed by atoms with Crippen LogP contribution in [0.5, 0.6) is 5.75 Å². The minimum absolute atomic E-state index is 0.0528. The highest BCUT2D eigenvalue weighted by atomic mass is 19.1. The van der Waals surface area contributed by atoms with E-state index in [4.69, 9.17) is 9.84 Å². The average Bonchev–Trinajstić information content (AvgIpc) is 2.13. The summed E-state index contributed by atoms with van der Waals surface area (Å²) in [7, 11) is 1.34. The van der Waals surface area contributed by atoms with Crippen LogP contribution < -0.4 is 4.74 Å². The summed E-state index contributed by atoms with van der Waals surface area (Å²) in [6, 6.07) is 2.01. The van der Waals surface area contributed by atoms with Crippen molar-refractivity contribution in [3.05, 3.63) is 29.3 Å². The zero-order chi connectivity index (χ0) is 11.4. The van der Waals surface area contributed by atoms with Crippen molar-refractivity contribution in [2.45, 2.75) is 25.9 Å². The van der Waals surface area contributed by atoms with Crippen LogP contribution in [-0.4, -0.2) is 18.3 Å². The van der Waals surface area contributed by atoms with E-state index in [0.717, 1.165) is 6.07 Å². The minimum atomic E-state index is -0.710. The van der Waals surface area contributed by atoms with E-state index in [2.05, 4.69) is 0 Å². The molecule has 1 aromatic rings. The van der Waals surface area contributed by atoms with Gasteiger partial charge in [-0.1, -0.05) is 0 Å². The van der Waals surface area contributed by atoms with Crippen LogP contribution in [0.25, 0.3) is 0 Å². The van der Waals surface area contributed by atoms with Gasteiger partial charge in [0.1, 0.15) is 5.82 Å². The number of aliphatic hydroxyl groups is 1. The van der Waals surface area contributed by atoms with Gasteiger partial charge in [0.25, 0.3) is 0 Å². The quantitative estimate of drug-likeness (QED) is 0.836. The summed E-state index contributed by atoms with van der Waals surface area (Å²) < 4.78 is 31.0. The second-order valence-corrected chi connectivity index (χ2v) is 3.47. The van der Waals surface area contributed by atoms with Crippen molar-refractivity contribution in [1.82, 2.24) is 0 Å². The SMILES string of the molecule is COc1c(F)cc(F)cc1CCC(C)O. The Hall–Kier alpha value is -1.16. The molecular formula is C11H14F2O2. The molecule has 0 spiro atoms. The molecule has 0 aliphatic rings. The number of rotatable bonds is 4. The van der Waals surface area contributed by atoms with Crippen molar-refractivity contribution >= 4 is 0 Å². The van der Waals surface area contributed by atoms with Crippen molar-refractivity contribution in [1.29, 1.82) is 0 Å². The fourth-order valence-electron chi connectivity index (χ4n) is 1.39. The molecule has 1 N–H and O–H groups in total. The highest BCUT2D eigenvalue weighted by molar-refractivity contribution is 5.35. The summed E-state index contributed by atoms with van der Waals surface area (Å²) in [5.74, 6) is -1.29. The Morgan fingerprint density at radius 2 is 2.07 bits per heavy atom. The smallest absolute Gasteiger partial charge is 0.168 e. The van der Waals surface area contributed by atoms with Crippen molar-refractivity contribution in [2.24, 2.45) is 0 Å². The van der Waals surface area contributed by atoms with Crippen LogP contribution in [0.2, 0.25) is 0 Å². The van der Waals surface area contributed by atoms with Gasteiger partial charge in [-0.15, -0.1) is 0 Å². The fourth-order valence-corrected chi connectivity index (χ4v) is 1.39. The topological polar surface area (TPSA) is 29.5 Å². The van der Waals surface area contributed by atoms with E-state index in [0.29, 0.717) is 18.4 Å². The largest absolute Gasteiger partial charge is 0.493 e. The molecule has 0 radical (unpaired) electrons. The van der Waals surface area contributed by atoms with Gasteiger partial charge < -0.3 is 9.84 Å². The van der Waals surface area contributed by atoms with Gasteiger partial charge in [-0.05, 0) is 25.8 Å². The molecule has 1 aromatic carbocycles. The number of hydrogen-bond acceptors (Lipinski definition) is 2. The fraction of sp³-hybridized carbons (Fsp3) is 0.455. The monoisotopic (exact) mass is 216 g/mol. The Labute approximate surface area is 87.5 Å². The minimum Gasteiger partial charge on any atom is -0.493 e. The lowest BCUT2D eigenvalue weighted by Crippen LogP contribution is -2.04. The van der Waals surface area contributed by atoms with Crippen LogP contribution >= 0.6 is 0 Å². The van der Waals surface area contributed by atoms with Crippen molar-refractivity contribution in [2.75, 3.05) is 7.11 Å². The first kappa shape index (κ1) is 11.9. The number of methoxy groups -OCH3 is 1. The van der Waals surface area contributed by atoms with E-state index in [1.165, 1.54) is 13.2 Å². The first-order valence-corrected chi connectivity index (χ1v) is 4.74. The molecule has 0 amide bonds. The number of halogens is 2. The lowest BCUT2D eigenvalue weighted by atomic mass is 10.1. The predicted molar refractivity (Wildman–Crippen MR) is 52.9 cm³/mol. The van der Waals surface area contributed by atoms with Gasteiger partial charge in [0, 0.05) is 11.6 Å². The van der Waals surface area contributed by atoms with E-state index in [1.807, 2.05) is 0 Å². The van der Waals surface area contributed by atoms with Crippen LogP contribution in [0, 0.1) is 11.6 Å². The number of aryl methyl sites for hydroxylation is 1. The molecule has 2 nitrogen and oxygen atoms in total. The number of aliphatic hydroxyl groups excluding tert-OH is 1. The molecule has 0 heterocycles. The summed E-state index contributed by atoms with van der Waals surface area (Å²) >= 11 is 0. The van der Waals surface area contributed by atoms with Gasteiger partial charge in [-0.3, -0.25) is 0 Å². The second-order valence-electron chi connectivity index (χ2n) is 3.47. The lowest BCUT2D eigenvalue weighted by Gasteiger charge is -2.10. The number of benzene rings is 1. The van der Waals surface area contributed by atoms with E-state index < -0.39 is 17.7 Å². The molecule has 84 valence electrons. The van der Waals surface area contributed by atoms with E-state index in [9.17, 15) is 8.78 Å². The zero-order valence-corrected chi connectivity index (χ0v) is 8.76. The lowest BCUT2D eigenvalue weighted by molar-refractivity contribution is 0.184. The molecule has 0 fully saturated rings. The zero-order valence-electron chi connectivity index (χ0n) is 8.76. The first-order chi connectivity index (χ1) is 7.04. The standard InChI is InChI=1S/C11H14F2O2/c1-7(14)3-4-8-5-9(12)6-10(13)11(8)15-2/h5-7,14H,3-4H2,1-2H3. The van der Waals surface area contributed by atoms with Gasteiger partial charge in [0.05, 0.1) is 13.2 Å². The molecule has 0 saturated heterocycles. The molecule has 0 aromatic heterocycles. The Balaban J connectivity index is 2.93. The van der Waals surface area contributed by atoms with Crippen molar-refractivity contribution in [3.8, 4) is 5.75 Å². The van der Waals surface area contributed by atoms with Crippen LogP contribution in [0.3, 0.4) is 0 Å². The summed E-state index contributed by atoms with van der Waals surface area (Å²) in [6.45, 7) is 1.63. The number of ether oxygens (including phenoxy) is 1. The second kappa shape index (κ2) is 5.07. The Morgan fingerprint density at radius 3 is 2.60 bits per heavy atom. The Bertz CT molecular complexity index is 338. The highest BCUT2D eigenvalue weighted by Crippen LogP contribution is 2.25. The molecule has 0 aliphatic carbocycles. The molecule has 0 aliphatic heterocycles. The summed E-state index contributed by atoms with van der Waals surface area (Å²) in [6.07, 6.45) is 0.329. The molecule has 15 heavy (non-hydrogen) atoms. The summed E-state index contributed by atoms with van der Waals surface area (Å²) in [5, 5.41) is 9.09. The molecule has 4 heteroatoms. The molecule has 0 saturated carbocycles. The maximum atomic E-state index is 13.2. The first-order valence-electron chi connectivity index (χ1n) is 4.74. The highest BCUT2D eigenvalue weighted by Gasteiger charge is 2.12. The molecule has 1 rings (SSSR count). The Kier molecular flexibility index (Phi) is 4.03. The molecule has 1 atom stereocenters.